The molecule has 6 nitrogen and oxygen atoms in total. The average Bonchev–Trinajstić information content (AvgIpc) is 2.78. The van der Waals surface area contributed by atoms with Gasteiger partial charge in [-0.3, -0.25) is 14.2 Å². The molecule has 0 saturated carbocycles. The molecular weight excluding hydrogens is 404 g/mol. The van der Waals surface area contributed by atoms with E-state index in [1.165, 1.54) is 6.92 Å². The van der Waals surface area contributed by atoms with Gasteiger partial charge in [0.15, 0.2) is 6.10 Å². The molecule has 0 aliphatic heterocycles. The lowest BCUT2D eigenvalue weighted by Gasteiger charge is -2.19. The number of nitrogens with zero attached hydrogens (tertiary/aromatic N) is 2. The van der Waals surface area contributed by atoms with Crippen molar-refractivity contribution in [2.75, 3.05) is 0 Å². The first-order valence-electron chi connectivity index (χ1n) is 10.5. The first-order chi connectivity index (χ1) is 15.3. The van der Waals surface area contributed by atoms with Gasteiger partial charge < -0.3 is 9.84 Å². The SMILES string of the molecule is CCc1ccc(OC(C)C(=O)c2c(C)c(C#N)c(=O)n(Cc3ccc(C)cc3)c2O)cc1. The molecule has 0 spiro atoms. The first kappa shape index (κ1) is 22.8. The lowest BCUT2D eigenvalue weighted by atomic mass is 9.99. The maximum absolute atomic E-state index is 13.2. The minimum Gasteiger partial charge on any atom is -0.494 e. The summed E-state index contributed by atoms with van der Waals surface area (Å²) in [5.41, 5.74) is 2.23. The van der Waals surface area contributed by atoms with E-state index in [2.05, 4.69) is 0 Å². The number of aromatic nitrogens is 1. The second-order valence-electron chi connectivity index (χ2n) is 7.81. The molecule has 0 radical (unpaired) electrons. The van der Waals surface area contributed by atoms with Gasteiger partial charge in [-0.2, -0.15) is 5.26 Å². The fourth-order valence-electron chi connectivity index (χ4n) is 3.53. The fourth-order valence-corrected chi connectivity index (χ4v) is 3.53. The van der Waals surface area contributed by atoms with Crippen molar-refractivity contribution < 1.29 is 14.6 Å². The Labute approximate surface area is 187 Å². The molecule has 0 bridgehead atoms. The Morgan fingerprint density at radius 3 is 2.25 bits per heavy atom. The number of ether oxygens (including phenoxy) is 1. The largest absolute Gasteiger partial charge is 0.494 e. The lowest BCUT2D eigenvalue weighted by Crippen LogP contribution is -2.31. The summed E-state index contributed by atoms with van der Waals surface area (Å²) in [6, 6.07) is 16.8. The van der Waals surface area contributed by atoms with Crippen LogP contribution in [0.4, 0.5) is 0 Å². The van der Waals surface area contributed by atoms with Gasteiger partial charge in [0, 0.05) is 0 Å². The van der Waals surface area contributed by atoms with E-state index in [1.807, 2.05) is 56.3 Å². The van der Waals surface area contributed by atoms with Crippen LogP contribution < -0.4 is 10.3 Å². The van der Waals surface area contributed by atoms with Gasteiger partial charge in [-0.05, 0) is 56.0 Å². The number of Topliss-reactive ketones (excluding diaryl/α,β-unsaturated/α-hetero) is 1. The maximum Gasteiger partial charge on any atom is 0.271 e. The predicted molar refractivity (Wildman–Crippen MR) is 122 cm³/mol. The molecule has 0 fully saturated rings. The van der Waals surface area contributed by atoms with Gasteiger partial charge in [0.1, 0.15) is 17.4 Å². The minimum absolute atomic E-state index is 0.0356. The lowest BCUT2D eigenvalue weighted by molar-refractivity contribution is 0.0812. The smallest absolute Gasteiger partial charge is 0.271 e. The number of ketones is 1. The average molecular weight is 431 g/mol. The third kappa shape index (κ3) is 4.57. The molecule has 1 heterocycles. The Morgan fingerprint density at radius 1 is 1.09 bits per heavy atom. The zero-order chi connectivity index (χ0) is 23.4. The highest BCUT2D eigenvalue weighted by molar-refractivity contribution is 6.03. The number of pyridine rings is 1. The highest BCUT2D eigenvalue weighted by Crippen LogP contribution is 2.26. The highest BCUT2D eigenvalue weighted by Gasteiger charge is 2.28. The van der Waals surface area contributed by atoms with Crippen molar-refractivity contribution in [2.24, 2.45) is 0 Å². The van der Waals surface area contributed by atoms with E-state index in [4.69, 9.17) is 4.74 Å². The van der Waals surface area contributed by atoms with Crippen LogP contribution in [0.1, 0.15) is 52.0 Å². The Bertz CT molecular complexity index is 1230. The van der Waals surface area contributed by atoms with Crippen LogP contribution in [-0.2, 0) is 13.0 Å². The van der Waals surface area contributed by atoms with E-state index in [-0.39, 0.29) is 23.2 Å². The summed E-state index contributed by atoms with van der Waals surface area (Å²) in [6.45, 7) is 7.10. The Morgan fingerprint density at radius 2 is 1.69 bits per heavy atom. The van der Waals surface area contributed by atoms with Crippen LogP contribution >= 0.6 is 0 Å². The second-order valence-corrected chi connectivity index (χ2v) is 7.81. The summed E-state index contributed by atoms with van der Waals surface area (Å²) in [7, 11) is 0. The van der Waals surface area contributed by atoms with Gasteiger partial charge in [-0.1, -0.05) is 48.9 Å². The number of hydrogen-bond donors (Lipinski definition) is 1. The molecule has 32 heavy (non-hydrogen) atoms. The number of aryl methyl sites for hydroxylation is 2. The van der Waals surface area contributed by atoms with Gasteiger partial charge in [-0.15, -0.1) is 0 Å². The quantitative estimate of drug-likeness (QED) is 0.564. The molecule has 0 aliphatic rings. The molecule has 1 N–H and O–H groups in total. The second kappa shape index (κ2) is 9.52. The number of benzene rings is 2. The topological polar surface area (TPSA) is 92.3 Å². The standard InChI is InChI=1S/C26H26N2O4/c1-5-19-10-12-21(13-11-19)32-18(4)24(29)23-17(3)22(14-27)25(30)28(26(23)31)15-20-8-6-16(2)7-9-20/h6-13,18,31H,5,15H2,1-4H3. The van der Waals surface area contributed by atoms with E-state index in [0.29, 0.717) is 5.75 Å². The predicted octanol–water partition coefficient (Wildman–Crippen LogP) is 4.30. The molecular formula is C26H26N2O4. The molecule has 2 aromatic carbocycles. The molecule has 6 heteroatoms. The summed E-state index contributed by atoms with van der Waals surface area (Å²) in [5.74, 6) is -0.448. The minimum atomic E-state index is -0.927. The summed E-state index contributed by atoms with van der Waals surface area (Å²) in [6.07, 6.45) is -0.0367. The van der Waals surface area contributed by atoms with E-state index >= 15 is 0 Å². The summed E-state index contributed by atoms with van der Waals surface area (Å²) >= 11 is 0. The zero-order valence-electron chi connectivity index (χ0n) is 18.7. The number of aromatic hydroxyl groups is 1. The number of carbonyl (C=O) groups excluding carboxylic acids is 1. The summed E-state index contributed by atoms with van der Waals surface area (Å²) in [4.78, 5) is 26.1. The first-order valence-corrected chi connectivity index (χ1v) is 10.5. The van der Waals surface area contributed by atoms with Gasteiger partial charge in [-0.25, -0.2) is 0 Å². The molecule has 1 atom stereocenters. The number of nitriles is 1. The van der Waals surface area contributed by atoms with Crippen LogP contribution in [0.3, 0.4) is 0 Å². The maximum atomic E-state index is 13.2. The van der Waals surface area contributed by atoms with E-state index in [1.54, 1.807) is 19.1 Å². The van der Waals surface area contributed by atoms with Crippen LogP contribution in [0.2, 0.25) is 0 Å². The van der Waals surface area contributed by atoms with Gasteiger partial charge in [0.25, 0.3) is 5.56 Å². The highest BCUT2D eigenvalue weighted by atomic mass is 16.5. The molecule has 3 rings (SSSR count). The third-order valence-corrected chi connectivity index (χ3v) is 5.52. The summed E-state index contributed by atoms with van der Waals surface area (Å²) in [5, 5.41) is 20.5. The van der Waals surface area contributed by atoms with Crippen molar-refractivity contribution in [3.05, 3.63) is 92.3 Å². The molecule has 0 aliphatic carbocycles. The van der Waals surface area contributed by atoms with E-state index < -0.39 is 23.3 Å². The Kier molecular flexibility index (Phi) is 6.79. The normalized spacial score (nSPS) is 11.6. The molecule has 1 aromatic heterocycles. The number of hydrogen-bond acceptors (Lipinski definition) is 5. The van der Waals surface area contributed by atoms with Gasteiger partial charge in [0.2, 0.25) is 11.7 Å². The van der Waals surface area contributed by atoms with Crippen LogP contribution in [0, 0.1) is 25.2 Å². The summed E-state index contributed by atoms with van der Waals surface area (Å²) < 4.78 is 6.85. The third-order valence-electron chi connectivity index (χ3n) is 5.52. The van der Waals surface area contributed by atoms with Crippen molar-refractivity contribution in [1.82, 2.24) is 4.57 Å². The molecule has 1 unspecified atom stereocenters. The molecule has 0 saturated heterocycles. The number of rotatable bonds is 7. The molecule has 164 valence electrons. The number of carbonyl (C=O) groups is 1. The van der Waals surface area contributed by atoms with Crippen molar-refractivity contribution >= 4 is 5.78 Å². The van der Waals surface area contributed by atoms with E-state index in [0.717, 1.165) is 27.7 Å². The zero-order valence-corrected chi connectivity index (χ0v) is 18.7. The monoisotopic (exact) mass is 430 g/mol. The molecule has 0 amide bonds. The van der Waals surface area contributed by atoms with Crippen LogP contribution in [0.25, 0.3) is 0 Å². The van der Waals surface area contributed by atoms with Crippen LogP contribution in [0.5, 0.6) is 11.6 Å². The van der Waals surface area contributed by atoms with Crippen LogP contribution in [0.15, 0.2) is 53.3 Å². The van der Waals surface area contributed by atoms with Crippen molar-refractivity contribution in [1.29, 1.82) is 5.26 Å². The fraction of sp³-hybridized carbons (Fsp3) is 0.269. The van der Waals surface area contributed by atoms with Gasteiger partial charge in [0.05, 0.1) is 12.1 Å². The van der Waals surface area contributed by atoms with Crippen LogP contribution in [-0.4, -0.2) is 21.6 Å². The Hall–Kier alpha value is -3.85. The Balaban J connectivity index is 2.00. The van der Waals surface area contributed by atoms with Crippen molar-refractivity contribution in [3.8, 4) is 17.7 Å². The molecule has 3 aromatic rings. The van der Waals surface area contributed by atoms with E-state index in [9.17, 15) is 20.0 Å². The van der Waals surface area contributed by atoms with Gasteiger partial charge >= 0.3 is 0 Å². The van der Waals surface area contributed by atoms with Crippen molar-refractivity contribution in [2.45, 2.75) is 46.8 Å². The van der Waals surface area contributed by atoms with Crippen molar-refractivity contribution in [3.63, 3.8) is 0 Å².